The monoisotopic (exact) mass is 170 g/mol. The van der Waals surface area contributed by atoms with E-state index in [0.717, 1.165) is 26.2 Å². The number of rotatable bonds is 2. The Morgan fingerprint density at radius 2 is 1.92 bits per heavy atom. The molecule has 1 amide bonds. The molecule has 0 spiro atoms. The molecule has 1 fully saturated rings. The van der Waals surface area contributed by atoms with Crippen LogP contribution in [0.3, 0.4) is 0 Å². The van der Waals surface area contributed by atoms with Crippen LogP contribution in [0.15, 0.2) is 0 Å². The molecule has 1 saturated heterocycles. The van der Waals surface area contributed by atoms with Crippen LogP contribution < -0.4 is 5.32 Å². The van der Waals surface area contributed by atoms with E-state index in [9.17, 15) is 9.59 Å². The SMILES string of the molecule is CC(=O)CC(=O)N1CCNCC1. The third-order valence-corrected chi connectivity index (χ3v) is 1.87. The summed E-state index contributed by atoms with van der Waals surface area (Å²) < 4.78 is 0. The maximum Gasteiger partial charge on any atom is 0.230 e. The lowest BCUT2D eigenvalue weighted by atomic mass is 10.2. The fraction of sp³-hybridized carbons (Fsp3) is 0.750. The maximum atomic E-state index is 11.3. The number of nitrogens with zero attached hydrogens (tertiary/aromatic N) is 1. The molecule has 0 aromatic heterocycles. The number of hydrogen-bond acceptors (Lipinski definition) is 3. The van der Waals surface area contributed by atoms with Gasteiger partial charge in [0.25, 0.3) is 0 Å². The second-order valence-electron chi connectivity index (χ2n) is 3.01. The Balaban J connectivity index is 2.34. The average molecular weight is 170 g/mol. The van der Waals surface area contributed by atoms with E-state index in [1.165, 1.54) is 6.92 Å². The van der Waals surface area contributed by atoms with E-state index >= 15 is 0 Å². The molecule has 0 radical (unpaired) electrons. The third-order valence-electron chi connectivity index (χ3n) is 1.87. The van der Waals surface area contributed by atoms with Gasteiger partial charge in [0.15, 0.2) is 0 Å². The molecule has 0 atom stereocenters. The highest BCUT2D eigenvalue weighted by molar-refractivity contribution is 5.96. The number of nitrogens with one attached hydrogen (secondary N) is 1. The Labute approximate surface area is 71.9 Å². The van der Waals surface area contributed by atoms with Crippen molar-refractivity contribution in [1.82, 2.24) is 10.2 Å². The molecular formula is C8H14N2O2. The van der Waals surface area contributed by atoms with E-state index in [1.54, 1.807) is 4.90 Å². The van der Waals surface area contributed by atoms with Crippen LogP contribution in [0.25, 0.3) is 0 Å². The number of amides is 1. The van der Waals surface area contributed by atoms with Gasteiger partial charge in [0, 0.05) is 26.2 Å². The van der Waals surface area contributed by atoms with Gasteiger partial charge in [-0.3, -0.25) is 9.59 Å². The normalized spacial score (nSPS) is 17.6. The van der Waals surface area contributed by atoms with Crippen LogP contribution in [-0.4, -0.2) is 42.8 Å². The zero-order chi connectivity index (χ0) is 8.97. The number of hydrogen-bond donors (Lipinski definition) is 1. The number of carbonyl (C=O) groups is 2. The van der Waals surface area contributed by atoms with Gasteiger partial charge in [0.2, 0.25) is 5.91 Å². The molecule has 1 heterocycles. The minimum atomic E-state index is -0.0569. The molecule has 0 aromatic carbocycles. The summed E-state index contributed by atoms with van der Waals surface area (Å²) >= 11 is 0. The molecule has 1 N–H and O–H groups in total. The van der Waals surface area contributed by atoms with Crippen molar-refractivity contribution in [1.29, 1.82) is 0 Å². The van der Waals surface area contributed by atoms with E-state index in [-0.39, 0.29) is 18.1 Å². The van der Waals surface area contributed by atoms with Crippen LogP contribution in [0.5, 0.6) is 0 Å². The van der Waals surface area contributed by atoms with Crippen molar-refractivity contribution in [2.75, 3.05) is 26.2 Å². The first-order valence-electron chi connectivity index (χ1n) is 4.18. The number of Topliss-reactive ketones (excluding diaryl/α,β-unsaturated/α-hetero) is 1. The van der Waals surface area contributed by atoms with Gasteiger partial charge < -0.3 is 10.2 Å². The van der Waals surface area contributed by atoms with Gasteiger partial charge in [0.1, 0.15) is 5.78 Å². The molecule has 4 heteroatoms. The summed E-state index contributed by atoms with van der Waals surface area (Å²) in [7, 11) is 0. The van der Waals surface area contributed by atoms with E-state index in [1.807, 2.05) is 0 Å². The number of ketones is 1. The first kappa shape index (κ1) is 9.19. The van der Waals surface area contributed by atoms with E-state index in [2.05, 4.69) is 5.32 Å². The van der Waals surface area contributed by atoms with Gasteiger partial charge in [-0.05, 0) is 6.92 Å². The van der Waals surface area contributed by atoms with Gasteiger partial charge in [-0.25, -0.2) is 0 Å². The van der Waals surface area contributed by atoms with Crippen molar-refractivity contribution in [3.63, 3.8) is 0 Å². The van der Waals surface area contributed by atoms with Crippen molar-refractivity contribution in [3.05, 3.63) is 0 Å². The minimum Gasteiger partial charge on any atom is -0.340 e. The zero-order valence-corrected chi connectivity index (χ0v) is 7.30. The predicted molar refractivity (Wildman–Crippen MR) is 44.7 cm³/mol. The molecule has 1 rings (SSSR count). The van der Waals surface area contributed by atoms with Crippen molar-refractivity contribution in [2.45, 2.75) is 13.3 Å². The second kappa shape index (κ2) is 4.21. The highest BCUT2D eigenvalue weighted by Gasteiger charge is 2.16. The molecule has 12 heavy (non-hydrogen) atoms. The highest BCUT2D eigenvalue weighted by Crippen LogP contribution is 1.97. The summed E-state index contributed by atoms with van der Waals surface area (Å²) in [6.45, 7) is 4.58. The molecule has 0 aliphatic carbocycles. The number of piperazine rings is 1. The lowest BCUT2D eigenvalue weighted by molar-refractivity contribution is -0.135. The maximum absolute atomic E-state index is 11.3. The molecule has 0 aromatic rings. The van der Waals surface area contributed by atoms with Gasteiger partial charge >= 0.3 is 0 Å². The van der Waals surface area contributed by atoms with Gasteiger partial charge in [-0.1, -0.05) is 0 Å². The van der Waals surface area contributed by atoms with Crippen molar-refractivity contribution in [2.24, 2.45) is 0 Å². The summed E-state index contributed by atoms with van der Waals surface area (Å²) in [5.41, 5.74) is 0. The molecule has 1 aliphatic rings. The summed E-state index contributed by atoms with van der Waals surface area (Å²) in [5, 5.41) is 3.14. The van der Waals surface area contributed by atoms with Crippen molar-refractivity contribution >= 4 is 11.7 Å². The first-order chi connectivity index (χ1) is 5.70. The Bertz CT molecular complexity index is 185. The molecule has 0 bridgehead atoms. The van der Waals surface area contributed by atoms with Crippen LogP contribution in [0.1, 0.15) is 13.3 Å². The Hall–Kier alpha value is -0.900. The highest BCUT2D eigenvalue weighted by atomic mass is 16.2. The van der Waals surface area contributed by atoms with Crippen LogP contribution in [-0.2, 0) is 9.59 Å². The molecule has 1 aliphatic heterocycles. The summed E-state index contributed by atoms with van der Waals surface area (Å²) in [6, 6.07) is 0. The molecular weight excluding hydrogens is 156 g/mol. The smallest absolute Gasteiger partial charge is 0.230 e. The predicted octanol–water partition coefficient (Wildman–Crippen LogP) is -0.603. The van der Waals surface area contributed by atoms with Crippen LogP contribution in [0.4, 0.5) is 0 Å². The van der Waals surface area contributed by atoms with Crippen molar-refractivity contribution < 1.29 is 9.59 Å². The molecule has 0 saturated carbocycles. The fourth-order valence-electron chi connectivity index (χ4n) is 1.24. The molecule has 0 unspecified atom stereocenters. The van der Waals surface area contributed by atoms with E-state index in [0.29, 0.717) is 0 Å². The Morgan fingerprint density at radius 3 is 2.42 bits per heavy atom. The number of carbonyl (C=O) groups excluding carboxylic acids is 2. The second-order valence-corrected chi connectivity index (χ2v) is 3.01. The Morgan fingerprint density at radius 1 is 1.33 bits per heavy atom. The largest absolute Gasteiger partial charge is 0.340 e. The molecule has 4 nitrogen and oxygen atoms in total. The van der Waals surface area contributed by atoms with Gasteiger partial charge in [-0.15, -0.1) is 0 Å². The quantitative estimate of drug-likeness (QED) is 0.563. The van der Waals surface area contributed by atoms with Gasteiger partial charge in [0.05, 0.1) is 6.42 Å². The summed E-state index contributed by atoms with van der Waals surface area (Å²) in [4.78, 5) is 23.7. The first-order valence-corrected chi connectivity index (χ1v) is 4.18. The van der Waals surface area contributed by atoms with Crippen molar-refractivity contribution in [3.8, 4) is 0 Å². The van der Waals surface area contributed by atoms with E-state index in [4.69, 9.17) is 0 Å². The summed E-state index contributed by atoms with van der Waals surface area (Å²) in [6.07, 6.45) is 0.0556. The molecule has 68 valence electrons. The lowest BCUT2D eigenvalue weighted by Crippen LogP contribution is -2.46. The fourth-order valence-corrected chi connectivity index (χ4v) is 1.24. The average Bonchev–Trinajstić information content (AvgIpc) is 2.05. The topological polar surface area (TPSA) is 49.4 Å². The zero-order valence-electron chi connectivity index (χ0n) is 7.30. The minimum absolute atomic E-state index is 0.0380. The van der Waals surface area contributed by atoms with Crippen LogP contribution >= 0.6 is 0 Å². The van der Waals surface area contributed by atoms with Crippen LogP contribution in [0, 0.1) is 0 Å². The Kier molecular flexibility index (Phi) is 3.22. The third kappa shape index (κ3) is 2.62. The summed E-state index contributed by atoms with van der Waals surface area (Å²) in [5.74, 6) is -0.0949. The lowest BCUT2D eigenvalue weighted by Gasteiger charge is -2.27. The standard InChI is InChI=1S/C8H14N2O2/c1-7(11)6-8(12)10-4-2-9-3-5-10/h9H,2-6H2,1H3. The van der Waals surface area contributed by atoms with Crippen LogP contribution in [0.2, 0.25) is 0 Å². The van der Waals surface area contributed by atoms with E-state index < -0.39 is 0 Å². The van der Waals surface area contributed by atoms with Gasteiger partial charge in [-0.2, -0.15) is 0 Å².